The van der Waals surface area contributed by atoms with Gasteiger partial charge in [-0.15, -0.1) is 0 Å². The standard InChI is InChI=1S/C9H18NO2P/c10-7-9(6-8(11)12-13)4-2-1-3-5-9/h1-7,10,13H2. The maximum atomic E-state index is 11.1. The molecule has 1 aliphatic rings. The van der Waals surface area contributed by atoms with Crippen LogP contribution in [0.4, 0.5) is 0 Å². The van der Waals surface area contributed by atoms with Gasteiger partial charge in [-0.3, -0.25) is 4.79 Å². The van der Waals surface area contributed by atoms with Gasteiger partial charge < -0.3 is 10.3 Å². The van der Waals surface area contributed by atoms with Crippen LogP contribution in [-0.2, 0) is 9.32 Å². The number of rotatable bonds is 3. The third-order valence-electron chi connectivity index (χ3n) is 3.00. The zero-order valence-corrected chi connectivity index (χ0v) is 9.08. The summed E-state index contributed by atoms with van der Waals surface area (Å²) < 4.78 is 4.60. The van der Waals surface area contributed by atoms with E-state index in [0.29, 0.717) is 13.0 Å². The van der Waals surface area contributed by atoms with E-state index in [-0.39, 0.29) is 11.4 Å². The van der Waals surface area contributed by atoms with E-state index < -0.39 is 0 Å². The summed E-state index contributed by atoms with van der Waals surface area (Å²) in [5, 5.41) is 0. The van der Waals surface area contributed by atoms with Crippen LogP contribution in [0.15, 0.2) is 0 Å². The van der Waals surface area contributed by atoms with Gasteiger partial charge in [0.15, 0.2) is 0 Å². The van der Waals surface area contributed by atoms with E-state index >= 15 is 0 Å². The third-order valence-corrected chi connectivity index (χ3v) is 3.26. The molecule has 1 aliphatic carbocycles. The summed E-state index contributed by atoms with van der Waals surface area (Å²) in [7, 11) is 2.00. The molecule has 0 aliphatic heterocycles. The average molecular weight is 203 g/mol. The first-order chi connectivity index (χ1) is 6.22. The summed E-state index contributed by atoms with van der Waals surface area (Å²) in [6.07, 6.45) is 6.29. The average Bonchev–Trinajstić information content (AvgIpc) is 2.19. The first-order valence-corrected chi connectivity index (χ1v) is 5.29. The molecule has 1 atom stereocenters. The highest BCUT2D eigenvalue weighted by atomic mass is 31.0. The molecule has 0 saturated heterocycles. The van der Waals surface area contributed by atoms with Crippen LogP contribution in [0, 0.1) is 5.41 Å². The van der Waals surface area contributed by atoms with Gasteiger partial charge in [0.25, 0.3) is 0 Å². The van der Waals surface area contributed by atoms with Crippen molar-refractivity contribution in [2.45, 2.75) is 38.5 Å². The summed E-state index contributed by atoms with van der Waals surface area (Å²) in [6.45, 7) is 0.604. The molecule has 0 aromatic carbocycles. The fourth-order valence-corrected chi connectivity index (χ4v) is 2.19. The van der Waals surface area contributed by atoms with Crippen LogP contribution in [0.3, 0.4) is 0 Å². The SMILES string of the molecule is NCC1(CC(=O)OP)CCCCC1. The Bertz CT molecular complexity index is 178. The molecule has 1 fully saturated rings. The van der Waals surface area contributed by atoms with Crippen molar-refractivity contribution < 1.29 is 9.32 Å². The molecule has 0 aromatic heterocycles. The second kappa shape index (κ2) is 4.92. The number of hydrogen-bond acceptors (Lipinski definition) is 3. The molecule has 0 amide bonds. The Hall–Kier alpha value is -0.140. The summed E-state index contributed by atoms with van der Waals surface area (Å²) in [4.78, 5) is 11.1. The van der Waals surface area contributed by atoms with Gasteiger partial charge in [0.05, 0.1) is 15.9 Å². The van der Waals surface area contributed by atoms with Crippen LogP contribution in [0.5, 0.6) is 0 Å². The van der Waals surface area contributed by atoms with E-state index in [4.69, 9.17) is 5.73 Å². The Morgan fingerprint density at radius 2 is 2.00 bits per heavy atom. The number of hydrogen-bond donors (Lipinski definition) is 1. The Morgan fingerprint density at radius 1 is 1.38 bits per heavy atom. The molecule has 3 nitrogen and oxygen atoms in total. The zero-order chi connectivity index (χ0) is 9.73. The number of carbonyl (C=O) groups excluding carboxylic acids is 1. The molecule has 0 heterocycles. The summed E-state index contributed by atoms with van der Waals surface area (Å²) in [5.41, 5.74) is 5.76. The van der Waals surface area contributed by atoms with Crippen molar-refractivity contribution in [3.8, 4) is 0 Å². The van der Waals surface area contributed by atoms with Crippen LogP contribution < -0.4 is 5.73 Å². The molecule has 1 unspecified atom stereocenters. The van der Waals surface area contributed by atoms with Crippen molar-refractivity contribution in [2.24, 2.45) is 11.1 Å². The normalized spacial score (nSPS) is 21.1. The predicted molar refractivity (Wildman–Crippen MR) is 55.0 cm³/mol. The molecule has 13 heavy (non-hydrogen) atoms. The van der Waals surface area contributed by atoms with Crippen LogP contribution in [0.1, 0.15) is 38.5 Å². The van der Waals surface area contributed by atoms with Crippen molar-refractivity contribution in [3.63, 3.8) is 0 Å². The van der Waals surface area contributed by atoms with E-state index in [1.807, 2.05) is 9.47 Å². The first kappa shape index (κ1) is 10.9. The summed E-state index contributed by atoms with van der Waals surface area (Å²) in [5.74, 6) is -0.155. The Balaban J connectivity index is 2.52. The van der Waals surface area contributed by atoms with E-state index in [2.05, 4.69) is 4.52 Å². The van der Waals surface area contributed by atoms with Crippen LogP contribution in [0.25, 0.3) is 0 Å². The van der Waals surface area contributed by atoms with Crippen molar-refractivity contribution >= 4 is 15.4 Å². The fraction of sp³-hybridized carbons (Fsp3) is 0.889. The summed E-state index contributed by atoms with van der Waals surface area (Å²) in [6, 6.07) is 0. The molecular formula is C9H18NO2P. The predicted octanol–water partition coefficient (Wildman–Crippen LogP) is 1.62. The highest BCUT2D eigenvalue weighted by Crippen LogP contribution is 2.38. The van der Waals surface area contributed by atoms with Crippen LogP contribution in [0.2, 0.25) is 0 Å². The lowest BCUT2D eigenvalue weighted by atomic mass is 9.72. The van der Waals surface area contributed by atoms with Gasteiger partial charge in [-0.25, -0.2) is 0 Å². The molecule has 2 N–H and O–H groups in total. The molecule has 1 saturated carbocycles. The largest absolute Gasteiger partial charge is 0.451 e. The summed E-state index contributed by atoms with van der Waals surface area (Å²) >= 11 is 0. The Morgan fingerprint density at radius 3 is 2.46 bits per heavy atom. The lowest BCUT2D eigenvalue weighted by Gasteiger charge is -2.35. The van der Waals surface area contributed by atoms with E-state index in [1.54, 1.807) is 0 Å². The van der Waals surface area contributed by atoms with E-state index in [0.717, 1.165) is 12.8 Å². The molecule has 4 heteroatoms. The van der Waals surface area contributed by atoms with E-state index in [9.17, 15) is 4.79 Å². The van der Waals surface area contributed by atoms with E-state index in [1.165, 1.54) is 19.3 Å². The zero-order valence-electron chi connectivity index (χ0n) is 7.92. The number of nitrogens with two attached hydrogens (primary N) is 1. The van der Waals surface area contributed by atoms with Crippen molar-refractivity contribution in [1.82, 2.24) is 0 Å². The Labute approximate surface area is 81.7 Å². The smallest absolute Gasteiger partial charge is 0.308 e. The molecule has 0 spiro atoms. The molecule has 0 radical (unpaired) electrons. The van der Waals surface area contributed by atoms with Gasteiger partial charge in [-0.05, 0) is 24.8 Å². The van der Waals surface area contributed by atoms with Crippen molar-refractivity contribution in [1.29, 1.82) is 0 Å². The lowest BCUT2D eigenvalue weighted by molar-refractivity contribution is -0.136. The fourth-order valence-electron chi connectivity index (χ4n) is 2.10. The van der Waals surface area contributed by atoms with Gasteiger partial charge in [-0.2, -0.15) is 0 Å². The van der Waals surface area contributed by atoms with Gasteiger partial charge in [-0.1, -0.05) is 19.3 Å². The van der Waals surface area contributed by atoms with Gasteiger partial charge in [0.1, 0.15) is 0 Å². The van der Waals surface area contributed by atoms with Gasteiger partial charge >= 0.3 is 5.97 Å². The molecular weight excluding hydrogens is 185 g/mol. The van der Waals surface area contributed by atoms with Crippen LogP contribution in [-0.4, -0.2) is 12.5 Å². The van der Waals surface area contributed by atoms with Gasteiger partial charge in [0.2, 0.25) is 0 Å². The third kappa shape index (κ3) is 2.92. The van der Waals surface area contributed by atoms with Gasteiger partial charge in [0, 0.05) is 0 Å². The maximum absolute atomic E-state index is 11.1. The topological polar surface area (TPSA) is 52.3 Å². The minimum absolute atomic E-state index is 0.0336. The quantitative estimate of drug-likeness (QED) is 0.709. The second-order valence-corrected chi connectivity index (χ2v) is 4.17. The monoisotopic (exact) mass is 203 g/mol. The number of carbonyl (C=O) groups is 1. The Kier molecular flexibility index (Phi) is 4.14. The molecule has 0 aromatic rings. The molecule has 76 valence electrons. The first-order valence-electron chi connectivity index (χ1n) is 4.82. The van der Waals surface area contributed by atoms with Crippen molar-refractivity contribution in [3.05, 3.63) is 0 Å². The lowest BCUT2D eigenvalue weighted by Crippen LogP contribution is -2.35. The second-order valence-electron chi connectivity index (χ2n) is 3.93. The minimum atomic E-state index is -0.155. The molecule has 0 bridgehead atoms. The highest BCUT2D eigenvalue weighted by molar-refractivity contribution is 7.10. The minimum Gasteiger partial charge on any atom is -0.451 e. The highest BCUT2D eigenvalue weighted by Gasteiger charge is 2.33. The van der Waals surface area contributed by atoms with Crippen LogP contribution >= 0.6 is 9.47 Å². The van der Waals surface area contributed by atoms with Crippen molar-refractivity contribution in [2.75, 3.05) is 6.54 Å². The molecule has 1 rings (SSSR count). The maximum Gasteiger partial charge on any atom is 0.308 e.